The molecule has 3 N–H and O–H groups in total. The van der Waals surface area contributed by atoms with Crippen LogP contribution in [0.2, 0.25) is 0 Å². The van der Waals surface area contributed by atoms with E-state index in [-0.39, 0.29) is 0 Å². The molecule has 0 aliphatic heterocycles. The fourth-order valence-corrected chi connectivity index (χ4v) is 2.21. The summed E-state index contributed by atoms with van der Waals surface area (Å²) in [5, 5.41) is 3.13. The number of nitrogen functional groups attached to an aromatic ring is 1. The summed E-state index contributed by atoms with van der Waals surface area (Å²) in [6.07, 6.45) is 1.67. The van der Waals surface area contributed by atoms with Gasteiger partial charge < -0.3 is 20.5 Å². The third-order valence-corrected chi connectivity index (χ3v) is 3.57. The van der Waals surface area contributed by atoms with Crippen LogP contribution in [0.25, 0.3) is 11.3 Å². The second-order valence-electron chi connectivity index (χ2n) is 5.52. The molecule has 0 aliphatic rings. The lowest BCUT2D eigenvalue weighted by Crippen LogP contribution is -2.12. The first-order valence-corrected chi connectivity index (χ1v) is 7.60. The van der Waals surface area contributed by atoms with E-state index in [9.17, 15) is 0 Å². The number of nitrogens with two attached hydrogens (primary N) is 1. The highest BCUT2D eigenvalue weighted by atomic mass is 16.5. The van der Waals surface area contributed by atoms with Crippen LogP contribution in [0, 0.1) is 0 Å². The smallest absolute Gasteiger partial charge is 0.169 e. The second-order valence-corrected chi connectivity index (χ2v) is 5.52. The fourth-order valence-electron chi connectivity index (χ4n) is 2.21. The SMILES string of the molecule is COCCNc1nc(-c2cc(C(C)C)ccc2OC)cnc1N. The van der Waals surface area contributed by atoms with Gasteiger partial charge in [0, 0.05) is 19.2 Å². The highest BCUT2D eigenvalue weighted by molar-refractivity contribution is 5.71. The zero-order valence-electron chi connectivity index (χ0n) is 14.1. The van der Waals surface area contributed by atoms with E-state index in [1.165, 1.54) is 5.56 Å². The standard InChI is InChI=1S/C17H24N4O2/c1-11(2)12-5-6-15(23-4)13(9-12)14-10-20-16(18)17(21-14)19-7-8-22-3/h5-6,9-11H,7-8H2,1-4H3,(H2,18,20)(H,19,21). The third-order valence-electron chi connectivity index (χ3n) is 3.57. The molecular weight excluding hydrogens is 292 g/mol. The number of methoxy groups -OCH3 is 2. The monoisotopic (exact) mass is 316 g/mol. The summed E-state index contributed by atoms with van der Waals surface area (Å²) in [6, 6.07) is 6.11. The molecule has 124 valence electrons. The Hall–Kier alpha value is -2.34. The minimum atomic E-state index is 0.365. The van der Waals surface area contributed by atoms with Crippen LogP contribution in [0.1, 0.15) is 25.3 Å². The van der Waals surface area contributed by atoms with Crippen LogP contribution in [0.4, 0.5) is 11.6 Å². The minimum absolute atomic E-state index is 0.365. The van der Waals surface area contributed by atoms with Crippen LogP contribution in [0.3, 0.4) is 0 Å². The molecule has 0 unspecified atom stereocenters. The van der Waals surface area contributed by atoms with Gasteiger partial charge in [0.05, 0.1) is 25.6 Å². The number of ether oxygens (including phenoxy) is 2. The van der Waals surface area contributed by atoms with Crippen molar-refractivity contribution in [2.45, 2.75) is 19.8 Å². The molecule has 0 aliphatic carbocycles. The van der Waals surface area contributed by atoms with Crippen molar-refractivity contribution < 1.29 is 9.47 Å². The summed E-state index contributed by atoms with van der Waals surface area (Å²) in [5.41, 5.74) is 8.73. The Labute approximate surface area is 137 Å². The molecule has 1 heterocycles. The van der Waals surface area contributed by atoms with Crippen molar-refractivity contribution in [2.24, 2.45) is 0 Å². The lowest BCUT2D eigenvalue weighted by Gasteiger charge is -2.14. The molecule has 6 nitrogen and oxygen atoms in total. The average Bonchev–Trinajstić information content (AvgIpc) is 2.56. The van der Waals surface area contributed by atoms with Gasteiger partial charge in [0.25, 0.3) is 0 Å². The average molecular weight is 316 g/mol. The normalized spacial score (nSPS) is 10.8. The van der Waals surface area contributed by atoms with Crippen molar-refractivity contribution in [3.05, 3.63) is 30.0 Å². The van der Waals surface area contributed by atoms with Gasteiger partial charge in [-0.25, -0.2) is 9.97 Å². The fraction of sp³-hybridized carbons (Fsp3) is 0.412. The Kier molecular flexibility index (Phi) is 5.76. The minimum Gasteiger partial charge on any atom is -0.496 e. The molecule has 0 amide bonds. The lowest BCUT2D eigenvalue weighted by molar-refractivity contribution is 0.210. The van der Waals surface area contributed by atoms with Crippen molar-refractivity contribution in [3.63, 3.8) is 0 Å². The molecule has 0 saturated heterocycles. The number of benzene rings is 1. The first-order chi connectivity index (χ1) is 11.1. The molecule has 0 radical (unpaired) electrons. The van der Waals surface area contributed by atoms with Gasteiger partial charge in [-0.1, -0.05) is 19.9 Å². The Bertz CT molecular complexity index is 659. The number of nitrogens with zero attached hydrogens (tertiary/aromatic N) is 2. The lowest BCUT2D eigenvalue weighted by atomic mass is 9.99. The van der Waals surface area contributed by atoms with Crippen LogP contribution in [0.5, 0.6) is 5.75 Å². The van der Waals surface area contributed by atoms with Gasteiger partial charge in [-0.3, -0.25) is 0 Å². The van der Waals surface area contributed by atoms with Gasteiger partial charge >= 0.3 is 0 Å². The summed E-state index contributed by atoms with van der Waals surface area (Å²) < 4.78 is 10.5. The van der Waals surface area contributed by atoms with Crippen LogP contribution >= 0.6 is 0 Å². The first-order valence-electron chi connectivity index (χ1n) is 7.60. The van der Waals surface area contributed by atoms with Crippen molar-refractivity contribution >= 4 is 11.6 Å². The van der Waals surface area contributed by atoms with E-state index in [0.29, 0.717) is 30.7 Å². The molecule has 0 atom stereocenters. The van der Waals surface area contributed by atoms with Crippen LogP contribution in [-0.4, -0.2) is 37.3 Å². The molecule has 0 bridgehead atoms. The summed E-state index contributed by atoms with van der Waals surface area (Å²) in [5.74, 6) is 2.09. The second kappa shape index (κ2) is 7.78. The molecule has 0 spiro atoms. The van der Waals surface area contributed by atoms with Crippen LogP contribution in [-0.2, 0) is 4.74 Å². The number of nitrogens with one attached hydrogen (secondary N) is 1. The molecule has 2 rings (SSSR count). The topological polar surface area (TPSA) is 82.3 Å². The predicted molar refractivity (Wildman–Crippen MR) is 92.9 cm³/mol. The van der Waals surface area contributed by atoms with E-state index >= 15 is 0 Å². The van der Waals surface area contributed by atoms with E-state index in [1.807, 2.05) is 6.07 Å². The molecule has 23 heavy (non-hydrogen) atoms. The molecular formula is C17H24N4O2. The van der Waals surface area contributed by atoms with E-state index < -0.39 is 0 Å². The van der Waals surface area contributed by atoms with Gasteiger partial charge in [-0.2, -0.15) is 0 Å². The highest BCUT2D eigenvalue weighted by Gasteiger charge is 2.13. The first kappa shape index (κ1) is 17.0. The summed E-state index contributed by atoms with van der Waals surface area (Å²) in [7, 11) is 3.30. The van der Waals surface area contributed by atoms with Gasteiger partial charge in [0.2, 0.25) is 0 Å². The van der Waals surface area contributed by atoms with Gasteiger partial charge in [0.1, 0.15) is 5.75 Å². The third kappa shape index (κ3) is 4.10. The maximum absolute atomic E-state index is 5.89. The van der Waals surface area contributed by atoms with E-state index in [0.717, 1.165) is 17.0 Å². The summed E-state index contributed by atoms with van der Waals surface area (Å²) >= 11 is 0. The maximum atomic E-state index is 5.89. The Morgan fingerprint density at radius 1 is 1.26 bits per heavy atom. The zero-order chi connectivity index (χ0) is 16.8. The van der Waals surface area contributed by atoms with Gasteiger partial charge in [0.15, 0.2) is 11.6 Å². The zero-order valence-corrected chi connectivity index (χ0v) is 14.1. The van der Waals surface area contributed by atoms with Crippen LogP contribution < -0.4 is 15.8 Å². The number of hydrogen-bond acceptors (Lipinski definition) is 6. The largest absolute Gasteiger partial charge is 0.496 e. The predicted octanol–water partition coefficient (Wildman–Crippen LogP) is 2.92. The molecule has 0 fully saturated rings. The Morgan fingerprint density at radius 3 is 2.70 bits per heavy atom. The quantitative estimate of drug-likeness (QED) is 0.764. The van der Waals surface area contributed by atoms with Crippen LogP contribution in [0.15, 0.2) is 24.4 Å². The number of aromatic nitrogens is 2. The molecule has 2 aromatic rings. The Balaban J connectivity index is 2.40. The number of hydrogen-bond donors (Lipinski definition) is 2. The highest BCUT2D eigenvalue weighted by Crippen LogP contribution is 2.32. The molecule has 6 heteroatoms. The van der Waals surface area contributed by atoms with Crippen molar-refractivity contribution in [1.29, 1.82) is 0 Å². The number of anilines is 2. The van der Waals surface area contributed by atoms with Crippen molar-refractivity contribution in [3.8, 4) is 17.0 Å². The maximum Gasteiger partial charge on any atom is 0.169 e. The summed E-state index contributed by atoms with van der Waals surface area (Å²) in [4.78, 5) is 8.83. The van der Waals surface area contributed by atoms with E-state index in [1.54, 1.807) is 20.4 Å². The van der Waals surface area contributed by atoms with Gasteiger partial charge in [-0.15, -0.1) is 0 Å². The van der Waals surface area contributed by atoms with E-state index in [2.05, 4.69) is 41.3 Å². The van der Waals surface area contributed by atoms with Crippen molar-refractivity contribution in [2.75, 3.05) is 38.4 Å². The Morgan fingerprint density at radius 2 is 2.04 bits per heavy atom. The van der Waals surface area contributed by atoms with E-state index in [4.69, 9.17) is 15.2 Å². The molecule has 1 aromatic carbocycles. The van der Waals surface area contributed by atoms with Gasteiger partial charge in [-0.05, 0) is 23.6 Å². The van der Waals surface area contributed by atoms with Crippen molar-refractivity contribution in [1.82, 2.24) is 9.97 Å². The summed E-state index contributed by atoms with van der Waals surface area (Å²) in [6.45, 7) is 5.48. The number of rotatable bonds is 7. The molecule has 1 aromatic heterocycles. The molecule has 0 saturated carbocycles.